The maximum Gasteiger partial charge on any atom is 0.224 e. The highest BCUT2D eigenvalue weighted by molar-refractivity contribution is 5.90. The van der Waals surface area contributed by atoms with Crippen molar-refractivity contribution in [3.05, 3.63) is 24.3 Å². The van der Waals surface area contributed by atoms with E-state index in [2.05, 4.69) is 36.3 Å². The van der Waals surface area contributed by atoms with Crippen LogP contribution in [0.1, 0.15) is 39.5 Å². The molecule has 0 saturated heterocycles. The van der Waals surface area contributed by atoms with Crippen LogP contribution in [0, 0.1) is 0 Å². The van der Waals surface area contributed by atoms with Gasteiger partial charge < -0.3 is 10.2 Å². The predicted molar refractivity (Wildman–Crippen MR) is 78.2 cm³/mol. The van der Waals surface area contributed by atoms with Gasteiger partial charge in [0.1, 0.15) is 0 Å². The van der Waals surface area contributed by atoms with Crippen LogP contribution in [0.15, 0.2) is 24.3 Å². The summed E-state index contributed by atoms with van der Waals surface area (Å²) in [6, 6.07) is 8.03. The lowest BCUT2D eigenvalue weighted by atomic mass is 10.2. The second kappa shape index (κ2) is 7.75. The summed E-state index contributed by atoms with van der Waals surface area (Å²) in [4.78, 5) is 13.7. The molecule has 0 spiro atoms. The van der Waals surface area contributed by atoms with E-state index in [1.54, 1.807) is 0 Å². The number of unbranched alkanes of at least 4 members (excludes halogenated alkanes) is 1. The summed E-state index contributed by atoms with van der Waals surface area (Å²) < 4.78 is 0. The number of carbonyl (C=O) groups is 1. The summed E-state index contributed by atoms with van der Waals surface area (Å²) in [5.41, 5.74) is 2.07. The molecule has 0 heterocycles. The van der Waals surface area contributed by atoms with Crippen molar-refractivity contribution in [2.75, 3.05) is 23.8 Å². The van der Waals surface area contributed by atoms with E-state index in [0.29, 0.717) is 6.42 Å². The van der Waals surface area contributed by atoms with E-state index in [1.165, 1.54) is 18.5 Å². The first-order valence-electron chi connectivity index (χ1n) is 6.78. The number of rotatable bonds is 7. The number of hydrogen-bond acceptors (Lipinski definition) is 2. The van der Waals surface area contributed by atoms with Gasteiger partial charge in [-0.15, -0.1) is 0 Å². The average molecular weight is 248 g/mol. The lowest BCUT2D eigenvalue weighted by Gasteiger charge is -2.19. The molecule has 1 rings (SSSR count). The van der Waals surface area contributed by atoms with Gasteiger partial charge in [0.2, 0.25) is 5.91 Å². The molecule has 1 aromatic rings. The number of benzene rings is 1. The molecule has 1 aromatic carbocycles. The minimum absolute atomic E-state index is 0.0876. The molecule has 1 N–H and O–H groups in total. The van der Waals surface area contributed by atoms with Gasteiger partial charge in [-0.3, -0.25) is 4.79 Å². The summed E-state index contributed by atoms with van der Waals surface area (Å²) >= 11 is 0. The molecule has 0 unspecified atom stereocenters. The van der Waals surface area contributed by atoms with Crippen LogP contribution in [0.3, 0.4) is 0 Å². The van der Waals surface area contributed by atoms with Crippen molar-refractivity contribution < 1.29 is 4.79 Å². The van der Waals surface area contributed by atoms with Crippen LogP contribution in [-0.4, -0.2) is 19.5 Å². The topological polar surface area (TPSA) is 32.3 Å². The Morgan fingerprint density at radius 3 is 2.39 bits per heavy atom. The van der Waals surface area contributed by atoms with Gasteiger partial charge in [0.05, 0.1) is 0 Å². The molecule has 0 atom stereocenters. The number of anilines is 2. The van der Waals surface area contributed by atoms with E-state index in [0.717, 1.165) is 18.7 Å². The fourth-order valence-corrected chi connectivity index (χ4v) is 1.77. The Kier molecular flexibility index (Phi) is 6.26. The monoisotopic (exact) mass is 248 g/mol. The zero-order valence-electron chi connectivity index (χ0n) is 11.7. The molecule has 0 aliphatic carbocycles. The number of nitrogens with one attached hydrogen (secondary N) is 1. The molecule has 0 radical (unpaired) electrons. The normalized spacial score (nSPS) is 10.2. The van der Waals surface area contributed by atoms with Gasteiger partial charge in [-0.2, -0.15) is 0 Å². The molecule has 0 aromatic heterocycles. The quantitative estimate of drug-likeness (QED) is 0.798. The van der Waals surface area contributed by atoms with Gasteiger partial charge in [0.15, 0.2) is 0 Å². The van der Waals surface area contributed by atoms with Gasteiger partial charge in [-0.25, -0.2) is 0 Å². The number of amides is 1. The van der Waals surface area contributed by atoms with E-state index < -0.39 is 0 Å². The van der Waals surface area contributed by atoms with Crippen molar-refractivity contribution in [3.8, 4) is 0 Å². The van der Waals surface area contributed by atoms with Crippen LogP contribution in [0.25, 0.3) is 0 Å². The Balaban J connectivity index is 2.54. The highest BCUT2D eigenvalue weighted by atomic mass is 16.1. The molecule has 100 valence electrons. The molecule has 0 aliphatic heterocycles. The molecular formula is C15H24N2O. The molecular weight excluding hydrogens is 224 g/mol. The smallest absolute Gasteiger partial charge is 0.224 e. The van der Waals surface area contributed by atoms with Crippen molar-refractivity contribution in [3.63, 3.8) is 0 Å². The highest BCUT2D eigenvalue weighted by Gasteiger charge is 2.02. The van der Waals surface area contributed by atoms with Crippen molar-refractivity contribution in [2.45, 2.75) is 39.5 Å². The zero-order valence-corrected chi connectivity index (χ0v) is 11.7. The minimum Gasteiger partial charge on any atom is -0.375 e. The predicted octanol–water partition coefficient (Wildman–Crippen LogP) is 3.66. The van der Waals surface area contributed by atoms with E-state index >= 15 is 0 Å². The van der Waals surface area contributed by atoms with E-state index in [-0.39, 0.29) is 5.91 Å². The fraction of sp³-hybridized carbons (Fsp3) is 0.533. The summed E-state index contributed by atoms with van der Waals surface area (Å²) in [7, 11) is 2.10. The molecule has 18 heavy (non-hydrogen) atoms. The Hall–Kier alpha value is -1.51. The zero-order chi connectivity index (χ0) is 13.4. The van der Waals surface area contributed by atoms with Crippen LogP contribution >= 0.6 is 0 Å². The molecule has 0 saturated carbocycles. The van der Waals surface area contributed by atoms with Crippen LogP contribution in [0.4, 0.5) is 11.4 Å². The Morgan fingerprint density at radius 1 is 1.17 bits per heavy atom. The lowest BCUT2D eigenvalue weighted by Crippen LogP contribution is -2.18. The Bertz CT molecular complexity index is 359. The van der Waals surface area contributed by atoms with Gasteiger partial charge in [0.25, 0.3) is 0 Å². The first-order valence-corrected chi connectivity index (χ1v) is 6.78. The van der Waals surface area contributed by atoms with Crippen LogP contribution in [-0.2, 0) is 4.79 Å². The van der Waals surface area contributed by atoms with Crippen molar-refractivity contribution >= 4 is 17.3 Å². The van der Waals surface area contributed by atoms with Crippen LogP contribution in [0.2, 0.25) is 0 Å². The second-order valence-corrected chi connectivity index (χ2v) is 4.62. The Morgan fingerprint density at radius 2 is 1.83 bits per heavy atom. The highest BCUT2D eigenvalue weighted by Crippen LogP contribution is 2.17. The van der Waals surface area contributed by atoms with Gasteiger partial charge in [-0.05, 0) is 37.1 Å². The maximum atomic E-state index is 11.5. The third kappa shape index (κ3) is 4.78. The number of carbonyl (C=O) groups excluding carboxylic acids is 1. The maximum absolute atomic E-state index is 11.5. The average Bonchev–Trinajstić information content (AvgIpc) is 2.37. The molecule has 3 nitrogen and oxygen atoms in total. The first-order chi connectivity index (χ1) is 8.67. The molecule has 0 aliphatic rings. The molecule has 0 fully saturated rings. The van der Waals surface area contributed by atoms with Crippen molar-refractivity contribution in [1.29, 1.82) is 0 Å². The number of hydrogen-bond donors (Lipinski definition) is 1. The van der Waals surface area contributed by atoms with Gasteiger partial charge in [0, 0.05) is 31.4 Å². The first kappa shape index (κ1) is 14.6. The molecule has 0 bridgehead atoms. The second-order valence-electron chi connectivity index (χ2n) is 4.62. The SMILES string of the molecule is CCCCN(C)c1ccc(NC(=O)CCC)cc1. The lowest BCUT2D eigenvalue weighted by molar-refractivity contribution is -0.116. The minimum atomic E-state index is 0.0876. The third-order valence-electron chi connectivity index (χ3n) is 2.92. The van der Waals surface area contributed by atoms with Crippen molar-refractivity contribution in [2.24, 2.45) is 0 Å². The Labute approximate surface area is 110 Å². The summed E-state index contributed by atoms with van der Waals surface area (Å²) in [5.74, 6) is 0.0876. The third-order valence-corrected chi connectivity index (χ3v) is 2.92. The van der Waals surface area contributed by atoms with E-state index in [1.807, 2.05) is 19.1 Å². The standard InChI is InChI=1S/C15H24N2O/c1-4-6-12-17(3)14-10-8-13(9-11-14)16-15(18)7-5-2/h8-11H,4-7,12H2,1-3H3,(H,16,18). The van der Waals surface area contributed by atoms with E-state index in [9.17, 15) is 4.79 Å². The largest absolute Gasteiger partial charge is 0.375 e. The fourth-order valence-electron chi connectivity index (χ4n) is 1.77. The van der Waals surface area contributed by atoms with E-state index in [4.69, 9.17) is 0 Å². The van der Waals surface area contributed by atoms with Crippen molar-refractivity contribution in [1.82, 2.24) is 0 Å². The number of nitrogens with zero attached hydrogens (tertiary/aromatic N) is 1. The summed E-state index contributed by atoms with van der Waals surface area (Å²) in [5, 5.41) is 2.89. The summed E-state index contributed by atoms with van der Waals surface area (Å²) in [6.07, 6.45) is 3.86. The molecule has 1 amide bonds. The van der Waals surface area contributed by atoms with Crippen LogP contribution < -0.4 is 10.2 Å². The van der Waals surface area contributed by atoms with Crippen LogP contribution in [0.5, 0.6) is 0 Å². The molecule has 3 heteroatoms. The van der Waals surface area contributed by atoms with Gasteiger partial charge in [-0.1, -0.05) is 20.3 Å². The van der Waals surface area contributed by atoms with Gasteiger partial charge >= 0.3 is 0 Å². The summed E-state index contributed by atoms with van der Waals surface area (Å²) in [6.45, 7) is 5.27.